The van der Waals surface area contributed by atoms with E-state index in [1.165, 1.54) is 4.90 Å². The zero-order valence-corrected chi connectivity index (χ0v) is 46.7. The summed E-state index contributed by atoms with van der Waals surface area (Å²) in [6, 6.07) is 28.8. The van der Waals surface area contributed by atoms with E-state index in [0.717, 1.165) is 48.0 Å². The third-order valence-electron chi connectivity index (χ3n) is 15.8. The van der Waals surface area contributed by atoms with E-state index in [1.807, 2.05) is 78.9 Å². The molecule has 0 saturated carbocycles. The van der Waals surface area contributed by atoms with E-state index in [4.69, 9.17) is 19.9 Å². The van der Waals surface area contributed by atoms with Crippen LogP contribution in [0, 0.1) is 11.8 Å². The van der Waals surface area contributed by atoms with Crippen molar-refractivity contribution in [1.29, 1.82) is 0 Å². The summed E-state index contributed by atoms with van der Waals surface area (Å²) in [5.74, 6) is -3.48. The molecule has 83 heavy (non-hydrogen) atoms. The number of piperidine rings is 1. The molecule has 2 aromatic heterocycles. The summed E-state index contributed by atoms with van der Waals surface area (Å²) in [6.45, 7) is 1.76. The lowest BCUT2D eigenvalue weighted by atomic mass is 9.83. The van der Waals surface area contributed by atoms with Crippen LogP contribution < -0.4 is 47.1 Å². The molecule has 3 aliphatic rings. The van der Waals surface area contributed by atoms with Crippen LogP contribution in [-0.4, -0.2) is 132 Å². The van der Waals surface area contributed by atoms with Gasteiger partial charge in [-0.25, -0.2) is 4.79 Å². The molecule has 0 radical (unpaired) electrons. The number of H-pyrrole nitrogens is 1. The van der Waals surface area contributed by atoms with Gasteiger partial charge >= 0.3 is 6.09 Å². The lowest BCUT2D eigenvalue weighted by Crippen LogP contribution is -2.60. The summed E-state index contributed by atoms with van der Waals surface area (Å²) in [7, 11) is 1.56. The number of ether oxygens (including phenoxy) is 3. The summed E-state index contributed by atoms with van der Waals surface area (Å²) < 4.78 is 17.4. The second kappa shape index (κ2) is 28.9. The number of pyridine rings is 1. The van der Waals surface area contributed by atoms with Gasteiger partial charge in [0.2, 0.25) is 29.5 Å². The third-order valence-corrected chi connectivity index (χ3v) is 15.8. The van der Waals surface area contributed by atoms with Gasteiger partial charge in [-0.1, -0.05) is 78.9 Å². The molecule has 3 saturated heterocycles. The number of hydrogen-bond acceptors (Lipinski definition) is 13. The van der Waals surface area contributed by atoms with Crippen LogP contribution in [0.5, 0.6) is 11.5 Å². The van der Waals surface area contributed by atoms with Gasteiger partial charge in [-0.05, 0) is 115 Å². The van der Waals surface area contributed by atoms with Gasteiger partial charge in [0.15, 0.2) is 5.78 Å². The summed E-state index contributed by atoms with van der Waals surface area (Å²) in [4.78, 5) is 114. The minimum Gasteiger partial charge on any atom is -0.497 e. The zero-order valence-electron chi connectivity index (χ0n) is 46.7. The first kappa shape index (κ1) is 59.0. The van der Waals surface area contributed by atoms with Crippen LogP contribution in [0.25, 0.3) is 10.9 Å². The van der Waals surface area contributed by atoms with E-state index in [0.29, 0.717) is 47.6 Å². The van der Waals surface area contributed by atoms with Crippen molar-refractivity contribution in [3.8, 4) is 11.5 Å². The molecule has 0 bridgehead atoms. The summed E-state index contributed by atoms with van der Waals surface area (Å²) in [6.07, 6.45) is 4.76. The highest BCUT2D eigenvalue weighted by molar-refractivity contribution is 5.99. The van der Waals surface area contributed by atoms with Crippen molar-refractivity contribution in [3.05, 3.63) is 162 Å². The molecular weight excluding hydrogens is 1060 g/mol. The van der Waals surface area contributed by atoms with E-state index in [-0.39, 0.29) is 64.1 Å². The van der Waals surface area contributed by atoms with Gasteiger partial charge in [0.05, 0.1) is 19.7 Å². The number of aromatic amines is 1. The minimum absolute atomic E-state index is 0.00331. The molecule has 9 rings (SSSR count). The van der Waals surface area contributed by atoms with Gasteiger partial charge < -0.3 is 61.7 Å². The standard InChI is InChI=1S/C63H74N10O10/c1-81-48-19-21-51-50(34-48)46(37-68-51)32-53-57(74)33-45(29-42-22-26-65-27-23-42)58(75)71-54(30-41-14-17-47(18-15-41)82-39-43-11-6-3-7-12-43)60(77)72-55(31-44-13-8-25-66-36-44)62(79)73-38-49(83-63(80)67-28-24-64)35-56(73)61(78)69-52(59(76)70-53)20-16-40-9-4-2-5-10-40/h2-15,17-19,21,25,34,36-37,42,45,49,52-56,65,68H,16,20,22-24,26-33,35,38-39,64H2,1H3,(H,67,80)(H,69,78)(H,70,76)(H,71,75)(H,72,77)/t45-,49-,52+,53-,54+,55+,56+/m1/s1. The number of nitrogens with two attached hydrogens (primary N) is 1. The maximum atomic E-state index is 15.4. The van der Waals surface area contributed by atoms with Gasteiger partial charge in [0.25, 0.3) is 0 Å². The number of rotatable bonds is 18. The highest BCUT2D eigenvalue weighted by atomic mass is 16.6. The molecule has 6 amide bonds. The summed E-state index contributed by atoms with van der Waals surface area (Å²) in [5, 5.41) is 18.7. The van der Waals surface area contributed by atoms with E-state index in [2.05, 4.69) is 41.9 Å². The molecule has 0 unspecified atom stereocenters. The molecule has 20 nitrogen and oxygen atoms in total. The molecule has 6 aromatic rings. The Kier molecular flexibility index (Phi) is 20.5. The van der Waals surface area contributed by atoms with Crippen molar-refractivity contribution in [3.63, 3.8) is 0 Å². The first-order chi connectivity index (χ1) is 40.4. The molecule has 4 aromatic carbocycles. The van der Waals surface area contributed by atoms with Gasteiger partial charge in [0.1, 0.15) is 48.4 Å². The zero-order chi connectivity index (χ0) is 58.1. The number of amides is 6. The van der Waals surface area contributed by atoms with E-state index in [1.54, 1.807) is 62.1 Å². The fourth-order valence-corrected chi connectivity index (χ4v) is 11.2. The maximum Gasteiger partial charge on any atom is 0.407 e. The Morgan fingerprint density at radius 2 is 1.39 bits per heavy atom. The molecule has 436 valence electrons. The van der Waals surface area contributed by atoms with Crippen molar-refractivity contribution in [2.24, 2.45) is 17.6 Å². The Morgan fingerprint density at radius 1 is 0.711 bits per heavy atom. The number of carbonyl (C=O) groups is 7. The minimum atomic E-state index is -1.35. The molecule has 3 fully saturated rings. The number of ketones is 1. The van der Waals surface area contributed by atoms with Crippen LogP contribution in [0.2, 0.25) is 0 Å². The number of aromatic nitrogens is 2. The first-order valence-corrected chi connectivity index (χ1v) is 28.6. The average Bonchev–Trinajstić information content (AvgIpc) is 4.37. The van der Waals surface area contributed by atoms with E-state index < -0.39 is 83.6 Å². The molecule has 3 aliphatic heterocycles. The fourth-order valence-electron chi connectivity index (χ4n) is 11.2. The molecule has 0 aliphatic carbocycles. The number of fused-ring (bicyclic) bond motifs is 2. The molecule has 7 atom stereocenters. The van der Waals surface area contributed by atoms with Gasteiger partial charge in [0, 0.05) is 80.6 Å². The predicted octanol–water partition coefficient (Wildman–Crippen LogP) is 4.38. The highest BCUT2D eigenvalue weighted by Gasteiger charge is 2.45. The molecule has 0 spiro atoms. The molecule has 20 heteroatoms. The predicted molar refractivity (Wildman–Crippen MR) is 311 cm³/mol. The Hall–Kier alpha value is -8.62. The number of Topliss-reactive ketones (excluding diaryl/α,β-unsaturated/α-hetero) is 1. The summed E-state index contributed by atoms with van der Waals surface area (Å²) in [5.41, 5.74) is 10.2. The van der Waals surface area contributed by atoms with Crippen molar-refractivity contribution < 1.29 is 47.8 Å². The van der Waals surface area contributed by atoms with Gasteiger partial charge in [-0.15, -0.1) is 0 Å². The average molecular weight is 1130 g/mol. The van der Waals surface area contributed by atoms with Crippen molar-refractivity contribution in [1.82, 2.24) is 46.8 Å². The van der Waals surface area contributed by atoms with Crippen LogP contribution in [0.4, 0.5) is 4.79 Å². The number of carbonyl (C=O) groups excluding carboxylic acids is 7. The summed E-state index contributed by atoms with van der Waals surface area (Å²) >= 11 is 0. The molecule has 9 N–H and O–H groups in total. The number of alkyl carbamates (subject to hydrolysis) is 1. The first-order valence-electron chi connectivity index (χ1n) is 28.6. The third kappa shape index (κ3) is 16.3. The van der Waals surface area contributed by atoms with Crippen LogP contribution in [-0.2, 0) is 65.8 Å². The lowest BCUT2D eigenvalue weighted by molar-refractivity contribution is -0.143. The second-order valence-electron chi connectivity index (χ2n) is 21.7. The Labute approximate surface area is 482 Å². The highest BCUT2D eigenvalue weighted by Crippen LogP contribution is 2.29. The van der Waals surface area contributed by atoms with Gasteiger partial charge in [-0.2, -0.15) is 0 Å². The number of methoxy groups -OCH3 is 1. The maximum absolute atomic E-state index is 15.4. The van der Waals surface area contributed by atoms with Crippen LogP contribution in [0.1, 0.15) is 66.3 Å². The number of aryl methyl sites for hydroxylation is 1. The SMILES string of the molecule is COc1ccc2[nH]cc(C[C@H]3NC(=O)[C@H](CCc4ccccc4)NC(=O)[C@@H]4C[C@@H](OC(=O)NCCN)CN4C(=O)[C@H](Cc4cccnc4)NC(=O)[C@H](Cc4ccc(OCc5ccccc5)cc4)NC(=O)[C@H](CC4CCNCC4)CC3=O)c2c1. The Balaban J connectivity index is 1.11. The number of hydrogen-bond donors (Lipinski definition) is 8. The van der Waals surface area contributed by atoms with Crippen LogP contribution in [0.3, 0.4) is 0 Å². The molecule has 5 heterocycles. The Morgan fingerprint density at radius 3 is 2.11 bits per heavy atom. The smallest absolute Gasteiger partial charge is 0.407 e. The van der Waals surface area contributed by atoms with E-state index in [9.17, 15) is 4.79 Å². The lowest BCUT2D eigenvalue weighted by Gasteiger charge is -2.32. The van der Waals surface area contributed by atoms with Crippen molar-refractivity contribution in [2.45, 2.75) is 107 Å². The van der Waals surface area contributed by atoms with Crippen molar-refractivity contribution >= 4 is 52.3 Å². The quantitative estimate of drug-likeness (QED) is 0.0594. The van der Waals surface area contributed by atoms with Crippen molar-refractivity contribution in [2.75, 3.05) is 39.8 Å². The second-order valence-corrected chi connectivity index (χ2v) is 21.7. The topological polar surface area (TPSA) is 277 Å². The fraction of sp³-hybridized carbons (Fsp3) is 0.397. The number of benzene rings is 4. The molecular formula is C63H74N10O10. The van der Waals surface area contributed by atoms with Gasteiger partial charge in [-0.3, -0.25) is 33.8 Å². The largest absolute Gasteiger partial charge is 0.497 e. The van der Waals surface area contributed by atoms with E-state index >= 15 is 28.8 Å². The van der Waals surface area contributed by atoms with Crippen LogP contribution in [0.15, 0.2) is 134 Å². The number of nitrogens with one attached hydrogen (secondary N) is 7. The normalized spacial score (nSPS) is 22.3. The number of nitrogens with zero attached hydrogens (tertiary/aromatic N) is 2. The van der Waals surface area contributed by atoms with Crippen LogP contribution >= 0.6 is 0 Å². The Bertz CT molecular complexity index is 3160. The monoisotopic (exact) mass is 1130 g/mol.